The van der Waals surface area contributed by atoms with E-state index >= 15 is 0 Å². The third-order valence-corrected chi connectivity index (χ3v) is 9.77. The molecule has 2 rings (SSSR count). The maximum absolute atomic E-state index is 14.0. The van der Waals surface area contributed by atoms with Gasteiger partial charge >= 0.3 is 0 Å². The summed E-state index contributed by atoms with van der Waals surface area (Å²) in [4.78, 5) is 31.3. The Bertz CT molecular complexity index is 1180. The van der Waals surface area contributed by atoms with Crippen LogP contribution in [-0.2, 0) is 9.59 Å². The number of hydrogen-bond donors (Lipinski definition) is 0. The smallest absolute Gasteiger partial charge is 0.271 e. The standard InChI is InChI=1S/C42H67N3O2/c1-9-13-15-16-17-18-19-20-21-22-27-44-39(32(5)6)28-35(29-40(44)33(7)8)25-26-37-36(23-11-3)38(30-43)42(47)45(41(37)46)31-34(12-4)24-14-10-2/h25-26,28-29,32-34H,9-24,27,31H2,1-8H3/b37-26+. The zero-order valence-corrected chi connectivity index (χ0v) is 31.4. The molecule has 47 heavy (non-hydrogen) atoms. The van der Waals surface area contributed by atoms with Crippen molar-refractivity contribution in [2.24, 2.45) is 17.8 Å². The van der Waals surface area contributed by atoms with Crippen LogP contribution in [-0.4, -0.2) is 34.7 Å². The minimum atomic E-state index is -0.426. The molecule has 5 nitrogen and oxygen atoms in total. The molecule has 2 aliphatic heterocycles. The van der Waals surface area contributed by atoms with Crippen LogP contribution in [0.5, 0.6) is 0 Å². The molecule has 2 aliphatic rings. The lowest BCUT2D eigenvalue weighted by molar-refractivity contribution is -0.141. The number of hydrogen-bond acceptors (Lipinski definition) is 4. The summed E-state index contributed by atoms with van der Waals surface area (Å²) in [6, 6.07) is 2.18. The van der Waals surface area contributed by atoms with Crippen molar-refractivity contribution >= 4 is 11.8 Å². The second-order valence-electron chi connectivity index (χ2n) is 14.4. The molecule has 0 N–H and O–H groups in total. The molecule has 1 atom stereocenters. The molecule has 0 spiro atoms. The zero-order chi connectivity index (χ0) is 34.8. The topological polar surface area (TPSA) is 64.4 Å². The fourth-order valence-corrected chi connectivity index (χ4v) is 6.84. The summed E-state index contributed by atoms with van der Waals surface area (Å²) in [6.07, 6.45) is 27.1. The number of allylic oxidation sites excluding steroid dienone is 7. The van der Waals surface area contributed by atoms with Gasteiger partial charge in [-0.1, -0.05) is 145 Å². The Kier molecular flexibility index (Phi) is 18.8. The van der Waals surface area contributed by atoms with E-state index < -0.39 is 5.91 Å². The summed E-state index contributed by atoms with van der Waals surface area (Å²) in [6.45, 7) is 19.0. The molecule has 0 aromatic carbocycles. The summed E-state index contributed by atoms with van der Waals surface area (Å²) in [7, 11) is 0. The minimum absolute atomic E-state index is 0.129. The molecule has 2 heterocycles. The second kappa shape index (κ2) is 21.9. The number of rotatable bonds is 22. The van der Waals surface area contributed by atoms with Crippen LogP contribution in [0.2, 0.25) is 0 Å². The highest BCUT2D eigenvalue weighted by molar-refractivity contribution is 6.18. The highest BCUT2D eigenvalue weighted by atomic mass is 16.2. The van der Waals surface area contributed by atoms with Gasteiger partial charge in [-0.05, 0) is 66.4 Å². The molecule has 0 bridgehead atoms. The summed E-state index contributed by atoms with van der Waals surface area (Å²) in [5.41, 5.74) is 4.90. The number of carbonyl (C=O) groups excluding carboxylic acids is 2. The molecular formula is C42H67N3O2. The summed E-state index contributed by atoms with van der Waals surface area (Å²) in [5, 5.41) is 10.1. The van der Waals surface area contributed by atoms with Gasteiger partial charge in [0, 0.05) is 30.1 Å². The second-order valence-corrected chi connectivity index (χ2v) is 14.4. The largest absolute Gasteiger partial charge is 0.348 e. The molecule has 0 aromatic heterocycles. The fourth-order valence-electron chi connectivity index (χ4n) is 6.84. The normalized spacial score (nSPS) is 17.2. The SMILES string of the molecule is CCCCCCCCCCCCN1C(C(C)C)=CC(=C/C=C2/C(=O)N(CC(CC)CCCC)C(=O)C(C#N)=C2CCC)C=C1C(C)C. The Hall–Kier alpha value is -2.87. The van der Waals surface area contributed by atoms with E-state index in [-0.39, 0.29) is 17.4 Å². The van der Waals surface area contributed by atoms with Gasteiger partial charge in [0.15, 0.2) is 0 Å². The highest BCUT2D eigenvalue weighted by Crippen LogP contribution is 2.34. The van der Waals surface area contributed by atoms with Gasteiger partial charge in [-0.15, -0.1) is 0 Å². The van der Waals surface area contributed by atoms with Crippen molar-refractivity contribution in [3.05, 3.63) is 58.0 Å². The zero-order valence-electron chi connectivity index (χ0n) is 31.4. The molecule has 1 unspecified atom stereocenters. The summed E-state index contributed by atoms with van der Waals surface area (Å²) in [5.74, 6) is 0.267. The van der Waals surface area contributed by atoms with E-state index in [4.69, 9.17) is 0 Å². The number of imide groups is 1. The van der Waals surface area contributed by atoms with E-state index in [9.17, 15) is 14.9 Å². The van der Waals surface area contributed by atoms with E-state index in [1.54, 1.807) is 0 Å². The average Bonchev–Trinajstić information content (AvgIpc) is 3.05. The monoisotopic (exact) mass is 646 g/mol. The number of amides is 2. The molecule has 0 saturated heterocycles. The predicted octanol–water partition coefficient (Wildman–Crippen LogP) is 11.4. The van der Waals surface area contributed by atoms with Crippen molar-refractivity contribution in [1.29, 1.82) is 5.26 Å². The third kappa shape index (κ3) is 12.3. The van der Waals surface area contributed by atoms with Gasteiger partial charge in [-0.2, -0.15) is 5.26 Å². The molecular weight excluding hydrogens is 578 g/mol. The Morgan fingerprint density at radius 3 is 1.74 bits per heavy atom. The highest BCUT2D eigenvalue weighted by Gasteiger charge is 2.37. The lowest BCUT2D eigenvalue weighted by Crippen LogP contribution is -2.45. The van der Waals surface area contributed by atoms with Gasteiger partial charge in [-0.25, -0.2) is 0 Å². The molecule has 0 aliphatic carbocycles. The number of unbranched alkanes of at least 4 members (excludes halogenated alkanes) is 10. The first-order valence-corrected chi connectivity index (χ1v) is 19.3. The number of nitrogens with zero attached hydrogens (tertiary/aromatic N) is 3. The number of nitriles is 1. The first-order valence-electron chi connectivity index (χ1n) is 19.3. The summed E-state index contributed by atoms with van der Waals surface area (Å²) >= 11 is 0. The van der Waals surface area contributed by atoms with Crippen LogP contribution in [0, 0.1) is 29.1 Å². The molecule has 0 fully saturated rings. The Morgan fingerprint density at radius 1 is 0.702 bits per heavy atom. The van der Waals surface area contributed by atoms with E-state index in [1.807, 2.05) is 19.1 Å². The maximum atomic E-state index is 14.0. The van der Waals surface area contributed by atoms with Crippen molar-refractivity contribution in [3.63, 3.8) is 0 Å². The summed E-state index contributed by atoms with van der Waals surface area (Å²) < 4.78 is 0. The van der Waals surface area contributed by atoms with Crippen LogP contribution >= 0.6 is 0 Å². The van der Waals surface area contributed by atoms with Gasteiger partial charge in [-0.3, -0.25) is 14.5 Å². The van der Waals surface area contributed by atoms with E-state index in [0.29, 0.717) is 35.9 Å². The number of carbonyl (C=O) groups is 2. The lowest BCUT2D eigenvalue weighted by atomic mass is 9.88. The van der Waals surface area contributed by atoms with Gasteiger partial charge in [0.25, 0.3) is 11.8 Å². The van der Waals surface area contributed by atoms with E-state index in [2.05, 4.69) is 71.6 Å². The minimum Gasteiger partial charge on any atom is -0.348 e. The van der Waals surface area contributed by atoms with Crippen molar-refractivity contribution in [2.45, 2.75) is 158 Å². The van der Waals surface area contributed by atoms with Crippen LogP contribution < -0.4 is 0 Å². The Balaban J connectivity index is 2.33. The predicted molar refractivity (Wildman–Crippen MR) is 198 cm³/mol. The molecule has 0 saturated carbocycles. The molecule has 0 aromatic rings. The Labute approximate surface area is 288 Å². The van der Waals surface area contributed by atoms with Crippen LogP contribution in [0.25, 0.3) is 0 Å². The quantitative estimate of drug-likeness (QED) is 0.0667. The van der Waals surface area contributed by atoms with E-state index in [0.717, 1.165) is 44.2 Å². The van der Waals surface area contributed by atoms with Crippen LogP contribution in [0.3, 0.4) is 0 Å². The van der Waals surface area contributed by atoms with Crippen molar-refractivity contribution in [1.82, 2.24) is 9.80 Å². The van der Waals surface area contributed by atoms with Crippen molar-refractivity contribution in [3.8, 4) is 6.07 Å². The van der Waals surface area contributed by atoms with Crippen molar-refractivity contribution < 1.29 is 9.59 Å². The molecule has 5 heteroatoms. The van der Waals surface area contributed by atoms with Crippen molar-refractivity contribution in [2.75, 3.05) is 13.1 Å². The first kappa shape index (κ1) is 40.3. The first-order chi connectivity index (χ1) is 22.6. The molecule has 2 amide bonds. The fraction of sp³-hybridized carbons (Fsp3) is 0.690. The third-order valence-electron chi connectivity index (χ3n) is 9.77. The van der Waals surface area contributed by atoms with E-state index in [1.165, 1.54) is 80.5 Å². The Morgan fingerprint density at radius 2 is 1.26 bits per heavy atom. The van der Waals surface area contributed by atoms with Crippen LogP contribution in [0.15, 0.2) is 58.0 Å². The van der Waals surface area contributed by atoms with Gasteiger partial charge in [0.1, 0.15) is 11.6 Å². The maximum Gasteiger partial charge on any atom is 0.271 e. The van der Waals surface area contributed by atoms with Crippen LogP contribution in [0.4, 0.5) is 0 Å². The molecule has 262 valence electrons. The van der Waals surface area contributed by atoms with Crippen LogP contribution in [0.1, 0.15) is 158 Å². The molecule has 0 radical (unpaired) electrons. The lowest BCUT2D eigenvalue weighted by Gasteiger charge is -2.37. The average molecular weight is 646 g/mol. The van der Waals surface area contributed by atoms with Gasteiger partial charge in [0.05, 0.1) is 0 Å². The van der Waals surface area contributed by atoms with Gasteiger partial charge in [0.2, 0.25) is 0 Å². The van der Waals surface area contributed by atoms with Gasteiger partial charge < -0.3 is 4.90 Å².